The van der Waals surface area contributed by atoms with Crippen LogP contribution < -0.4 is 10.1 Å². The first kappa shape index (κ1) is 19.7. The first-order valence-corrected chi connectivity index (χ1v) is 10.6. The highest BCUT2D eigenvalue weighted by atomic mass is 32.2. The summed E-state index contributed by atoms with van der Waals surface area (Å²) in [5.41, 5.74) is 1.06. The molecule has 25 heavy (non-hydrogen) atoms. The van der Waals surface area contributed by atoms with Crippen molar-refractivity contribution >= 4 is 15.9 Å². The van der Waals surface area contributed by atoms with E-state index in [1.807, 2.05) is 24.3 Å². The van der Waals surface area contributed by atoms with Gasteiger partial charge in [0.25, 0.3) is 0 Å². The van der Waals surface area contributed by atoms with Crippen LogP contribution in [-0.2, 0) is 21.2 Å². The number of ether oxygens (including phenoxy) is 1. The Bertz CT molecular complexity index is 669. The largest absolute Gasteiger partial charge is 0.497 e. The summed E-state index contributed by atoms with van der Waals surface area (Å²) in [6.07, 6.45) is 6.72. The smallest absolute Gasteiger partial charge is 0.235 e. The van der Waals surface area contributed by atoms with Gasteiger partial charge < -0.3 is 10.1 Å². The van der Waals surface area contributed by atoms with Gasteiger partial charge in [0.05, 0.1) is 19.9 Å². The van der Waals surface area contributed by atoms with Gasteiger partial charge in [-0.25, -0.2) is 8.42 Å². The molecular weight excluding hydrogens is 340 g/mol. The lowest BCUT2D eigenvalue weighted by Crippen LogP contribution is -2.46. The Morgan fingerprint density at radius 1 is 1.28 bits per heavy atom. The predicted octanol–water partition coefficient (Wildman–Crippen LogP) is 1.95. The Morgan fingerprint density at radius 2 is 2.00 bits per heavy atom. The molecule has 1 fully saturated rings. The van der Waals surface area contributed by atoms with E-state index in [0.717, 1.165) is 43.4 Å². The van der Waals surface area contributed by atoms with E-state index in [2.05, 4.69) is 5.32 Å². The molecule has 0 radical (unpaired) electrons. The van der Waals surface area contributed by atoms with Gasteiger partial charge in [-0.05, 0) is 37.0 Å². The van der Waals surface area contributed by atoms with E-state index in [1.54, 1.807) is 7.11 Å². The van der Waals surface area contributed by atoms with Gasteiger partial charge in [0.2, 0.25) is 15.9 Å². The normalized spacial score (nSPS) is 16.0. The minimum atomic E-state index is -3.39. The molecule has 1 aliphatic rings. The molecule has 7 heteroatoms. The van der Waals surface area contributed by atoms with Crippen LogP contribution in [0.15, 0.2) is 24.3 Å². The van der Waals surface area contributed by atoms with Crippen LogP contribution in [0, 0.1) is 0 Å². The number of carbonyl (C=O) groups excluding carboxylic acids is 1. The van der Waals surface area contributed by atoms with Gasteiger partial charge in [0, 0.05) is 12.6 Å². The van der Waals surface area contributed by atoms with Gasteiger partial charge in [-0.2, -0.15) is 4.31 Å². The van der Waals surface area contributed by atoms with Crippen LogP contribution in [0.4, 0.5) is 0 Å². The van der Waals surface area contributed by atoms with Gasteiger partial charge in [-0.3, -0.25) is 4.79 Å². The van der Waals surface area contributed by atoms with Crippen LogP contribution >= 0.6 is 0 Å². The maximum Gasteiger partial charge on any atom is 0.235 e. The molecule has 6 nitrogen and oxygen atoms in total. The molecule has 0 bridgehead atoms. The molecule has 0 saturated heterocycles. The summed E-state index contributed by atoms with van der Waals surface area (Å²) in [6, 6.07) is 7.63. The van der Waals surface area contributed by atoms with Crippen molar-refractivity contribution in [3.8, 4) is 5.75 Å². The highest BCUT2D eigenvalue weighted by Crippen LogP contribution is 2.24. The maximum absolute atomic E-state index is 12.2. The monoisotopic (exact) mass is 368 g/mol. The van der Waals surface area contributed by atoms with Crippen molar-refractivity contribution in [1.29, 1.82) is 0 Å². The van der Waals surface area contributed by atoms with Crippen LogP contribution in [0.25, 0.3) is 0 Å². The predicted molar refractivity (Wildman–Crippen MR) is 98.1 cm³/mol. The van der Waals surface area contributed by atoms with Gasteiger partial charge in [0.1, 0.15) is 5.75 Å². The van der Waals surface area contributed by atoms with Crippen molar-refractivity contribution in [2.24, 2.45) is 0 Å². The Balaban J connectivity index is 1.86. The van der Waals surface area contributed by atoms with Crippen molar-refractivity contribution < 1.29 is 17.9 Å². The molecule has 2 rings (SSSR count). The fraction of sp³-hybridized carbons (Fsp3) is 0.611. The number of amides is 1. The zero-order chi connectivity index (χ0) is 18.3. The molecule has 0 aliphatic heterocycles. The fourth-order valence-corrected chi connectivity index (χ4v) is 4.36. The molecule has 1 aliphatic carbocycles. The quantitative estimate of drug-likeness (QED) is 0.761. The Morgan fingerprint density at radius 3 is 2.64 bits per heavy atom. The minimum absolute atomic E-state index is 0.0483. The van der Waals surface area contributed by atoms with E-state index in [4.69, 9.17) is 4.74 Å². The van der Waals surface area contributed by atoms with Gasteiger partial charge in [-0.1, -0.05) is 31.4 Å². The highest BCUT2D eigenvalue weighted by Gasteiger charge is 2.29. The molecule has 0 spiro atoms. The summed E-state index contributed by atoms with van der Waals surface area (Å²) in [5.74, 6) is 0.531. The molecule has 0 aromatic heterocycles. The lowest BCUT2D eigenvalue weighted by molar-refractivity contribution is -0.121. The van der Waals surface area contributed by atoms with Gasteiger partial charge >= 0.3 is 0 Å². The molecule has 0 atom stereocenters. The Hall–Kier alpha value is -1.60. The first-order chi connectivity index (χ1) is 11.9. The molecule has 0 unspecified atom stereocenters. The maximum atomic E-state index is 12.2. The third-order valence-electron chi connectivity index (χ3n) is 4.58. The standard InChI is InChI=1S/C18H28N2O4S/c1-24-17-10-6-7-15(13-17)11-12-19-18(21)14-20(25(2,22)23)16-8-4-3-5-9-16/h6-7,10,13,16H,3-5,8-9,11-12,14H2,1-2H3,(H,19,21). The zero-order valence-corrected chi connectivity index (χ0v) is 15.8. The van der Waals surface area contributed by atoms with Gasteiger partial charge in [0.15, 0.2) is 0 Å². The summed E-state index contributed by atoms with van der Waals surface area (Å²) >= 11 is 0. The number of benzene rings is 1. The van der Waals surface area contributed by atoms with Crippen LogP contribution in [0.2, 0.25) is 0 Å². The molecule has 1 aromatic rings. The topological polar surface area (TPSA) is 75.7 Å². The molecule has 1 aromatic carbocycles. The second-order valence-corrected chi connectivity index (χ2v) is 8.49. The van der Waals surface area contributed by atoms with Gasteiger partial charge in [-0.15, -0.1) is 0 Å². The van der Waals surface area contributed by atoms with E-state index in [9.17, 15) is 13.2 Å². The third kappa shape index (κ3) is 6.32. The van der Waals surface area contributed by atoms with Crippen LogP contribution in [0.3, 0.4) is 0 Å². The Labute approximate surface area is 150 Å². The van der Waals surface area contributed by atoms with E-state index < -0.39 is 10.0 Å². The summed E-state index contributed by atoms with van der Waals surface area (Å²) in [5, 5.41) is 2.82. The average Bonchev–Trinajstić information content (AvgIpc) is 2.59. The SMILES string of the molecule is COc1cccc(CCNC(=O)CN(C2CCCCC2)S(C)(=O)=O)c1. The summed E-state index contributed by atoms with van der Waals surface area (Å²) < 4.78 is 30.7. The second kappa shape index (κ2) is 9.20. The van der Waals surface area contributed by atoms with Crippen molar-refractivity contribution in [2.45, 2.75) is 44.6 Å². The van der Waals surface area contributed by atoms with Crippen molar-refractivity contribution in [2.75, 3.05) is 26.5 Å². The molecular formula is C18H28N2O4S. The summed E-state index contributed by atoms with van der Waals surface area (Å²) in [6.45, 7) is 0.371. The second-order valence-electron chi connectivity index (χ2n) is 6.55. The lowest BCUT2D eigenvalue weighted by atomic mass is 9.95. The number of hydrogen-bond acceptors (Lipinski definition) is 4. The highest BCUT2D eigenvalue weighted by molar-refractivity contribution is 7.88. The summed E-state index contributed by atoms with van der Waals surface area (Å²) in [7, 11) is -1.77. The molecule has 1 saturated carbocycles. The number of nitrogens with zero attached hydrogens (tertiary/aromatic N) is 1. The number of hydrogen-bond donors (Lipinski definition) is 1. The van der Waals surface area contributed by atoms with Crippen molar-refractivity contribution in [3.63, 3.8) is 0 Å². The molecule has 0 heterocycles. The first-order valence-electron chi connectivity index (χ1n) is 8.76. The van der Waals surface area contributed by atoms with Crippen LogP contribution in [0.5, 0.6) is 5.75 Å². The average molecular weight is 368 g/mol. The van der Waals surface area contributed by atoms with E-state index in [1.165, 1.54) is 10.6 Å². The lowest BCUT2D eigenvalue weighted by Gasteiger charge is -2.31. The number of nitrogens with one attached hydrogen (secondary N) is 1. The summed E-state index contributed by atoms with van der Waals surface area (Å²) in [4.78, 5) is 12.2. The minimum Gasteiger partial charge on any atom is -0.497 e. The number of methoxy groups -OCH3 is 1. The fourth-order valence-electron chi connectivity index (χ4n) is 3.26. The Kier molecular flexibility index (Phi) is 7.25. The zero-order valence-electron chi connectivity index (χ0n) is 15.0. The number of sulfonamides is 1. The molecule has 1 N–H and O–H groups in total. The number of carbonyl (C=O) groups is 1. The van der Waals surface area contributed by atoms with E-state index >= 15 is 0 Å². The van der Waals surface area contributed by atoms with Crippen molar-refractivity contribution in [3.05, 3.63) is 29.8 Å². The van der Waals surface area contributed by atoms with Crippen molar-refractivity contribution in [1.82, 2.24) is 9.62 Å². The van der Waals surface area contributed by atoms with Crippen LogP contribution in [-0.4, -0.2) is 51.1 Å². The number of rotatable bonds is 8. The van der Waals surface area contributed by atoms with E-state index in [0.29, 0.717) is 13.0 Å². The molecule has 140 valence electrons. The third-order valence-corrected chi connectivity index (χ3v) is 5.86. The molecule has 1 amide bonds. The van der Waals surface area contributed by atoms with Crippen LogP contribution in [0.1, 0.15) is 37.7 Å². The van der Waals surface area contributed by atoms with E-state index in [-0.39, 0.29) is 18.5 Å².